The molecule has 5 aromatic rings. The largest absolute Gasteiger partial charge is 0.316 e. The molecule has 0 saturated heterocycles. The summed E-state index contributed by atoms with van der Waals surface area (Å²) >= 11 is 0. The van der Waals surface area contributed by atoms with E-state index in [1.807, 2.05) is 55.4 Å². The highest BCUT2D eigenvalue weighted by molar-refractivity contribution is 5.81. The van der Waals surface area contributed by atoms with Crippen molar-refractivity contribution in [2.45, 2.75) is 74.4 Å². The molecule has 0 unspecified atom stereocenters. The molecule has 0 N–H and O–H groups in total. The molecule has 0 bridgehead atoms. The van der Waals surface area contributed by atoms with Gasteiger partial charge in [0.2, 0.25) is 0 Å². The first-order valence-electron chi connectivity index (χ1n) is 16.3. The molecule has 2 heteroatoms. The van der Waals surface area contributed by atoms with E-state index >= 15 is 0 Å². The lowest BCUT2D eigenvalue weighted by Gasteiger charge is -2.47. The number of anilines is 4. The maximum Gasteiger partial charge on any atom is 0.137 e. The van der Waals surface area contributed by atoms with Crippen molar-refractivity contribution in [3.63, 3.8) is 0 Å². The summed E-state index contributed by atoms with van der Waals surface area (Å²) in [6, 6.07) is 46.5. The third kappa shape index (κ3) is 6.86. The van der Waals surface area contributed by atoms with E-state index in [9.17, 15) is 0 Å². The minimum Gasteiger partial charge on any atom is -0.316 e. The fourth-order valence-corrected chi connectivity index (χ4v) is 5.82. The molecular weight excluding hydrogens is 520 g/mol. The first-order chi connectivity index (χ1) is 21.4. The van der Waals surface area contributed by atoms with Gasteiger partial charge in [-0.15, -0.1) is 0 Å². The lowest BCUT2D eigenvalue weighted by molar-refractivity contribution is 0.685. The van der Waals surface area contributed by atoms with E-state index in [0.717, 1.165) is 12.8 Å². The number of rotatable bonds is 3. The molecule has 7 rings (SSSR count). The molecule has 0 saturated carbocycles. The van der Waals surface area contributed by atoms with Crippen molar-refractivity contribution in [3.05, 3.63) is 155 Å². The molecule has 0 amide bonds. The van der Waals surface area contributed by atoms with E-state index in [0.29, 0.717) is 0 Å². The van der Waals surface area contributed by atoms with Gasteiger partial charge in [0.1, 0.15) is 6.17 Å². The second kappa shape index (κ2) is 17.0. The van der Waals surface area contributed by atoms with E-state index in [1.54, 1.807) is 0 Å². The summed E-state index contributed by atoms with van der Waals surface area (Å²) in [5.41, 5.74) is 11.8. The fraction of sp³-hybridized carbons (Fsp3) is 0.268. The van der Waals surface area contributed by atoms with Gasteiger partial charge in [-0.2, -0.15) is 0 Å². The summed E-state index contributed by atoms with van der Waals surface area (Å²) in [6.07, 6.45) is 1.87. The first kappa shape index (κ1) is 33.2. The Morgan fingerprint density at radius 3 is 0.907 bits per heavy atom. The Balaban J connectivity index is 0.000000588. The van der Waals surface area contributed by atoms with Gasteiger partial charge in [-0.25, -0.2) is 0 Å². The fourth-order valence-electron chi connectivity index (χ4n) is 5.82. The summed E-state index contributed by atoms with van der Waals surface area (Å²) in [5, 5.41) is 0. The molecule has 43 heavy (non-hydrogen) atoms. The Labute approximate surface area is 261 Å². The van der Waals surface area contributed by atoms with Crippen molar-refractivity contribution in [3.8, 4) is 0 Å². The Hall–Kier alpha value is -4.30. The average molecular weight is 571 g/mol. The normalized spacial score (nSPS) is 11.7. The molecule has 0 aromatic heterocycles. The van der Waals surface area contributed by atoms with Gasteiger partial charge < -0.3 is 9.80 Å². The molecule has 0 radical (unpaired) electrons. The van der Waals surface area contributed by atoms with E-state index in [1.165, 1.54) is 50.6 Å². The average Bonchev–Trinajstić information content (AvgIpc) is 3.11. The third-order valence-electron chi connectivity index (χ3n) is 7.35. The molecule has 2 aliphatic rings. The van der Waals surface area contributed by atoms with E-state index in [2.05, 4.69) is 137 Å². The second-order valence-electron chi connectivity index (χ2n) is 9.39. The summed E-state index contributed by atoms with van der Waals surface area (Å²) in [5.74, 6) is 0. The molecule has 2 aliphatic heterocycles. The lowest BCUT2D eigenvalue weighted by Crippen LogP contribution is -2.40. The summed E-state index contributed by atoms with van der Waals surface area (Å²) in [7, 11) is 0. The monoisotopic (exact) mass is 570 g/mol. The Bertz CT molecular complexity index is 1330. The minimum absolute atomic E-state index is 0.0404. The number of hydrogen-bond donors (Lipinski definition) is 0. The van der Waals surface area contributed by atoms with Crippen molar-refractivity contribution >= 4 is 22.7 Å². The maximum absolute atomic E-state index is 2.56. The van der Waals surface area contributed by atoms with Crippen molar-refractivity contribution in [2.75, 3.05) is 9.80 Å². The maximum atomic E-state index is 2.56. The summed E-state index contributed by atoms with van der Waals surface area (Å²) in [4.78, 5) is 5.12. The SMILES string of the molecule is CC.CC.CC.CC.c1ccc(C(N2c3ccccc3Cc3ccccc32)N2c3ccccc3Cc3ccccc32)cc1. The third-order valence-corrected chi connectivity index (χ3v) is 7.35. The van der Waals surface area contributed by atoms with Crippen molar-refractivity contribution in [1.82, 2.24) is 0 Å². The zero-order valence-corrected chi connectivity index (χ0v) is 27.5. The highest BCUT2D eigenvalue weighted by Gasteiger charge is 2.37. The van der Waals surface area contributed by atoms with Gasteiger partial charge >= 0.3 is 0 Å². The van der Waals surface area contributed by atoms with Gasteiger partial charge in [-0.1, -0.05) is 159 Å². The minimum atomic E-state index is -0.0404. The van der Waals surface area contributed by atoms with E-state index in [-0.39, 0.29) is 6.17 Å². The highest BCUT2D eigenvalue weighted by Crippen LogP contribution is 2.50. The van der Waals surface area contributed by atoms with Crippen LogP contribution in [0.25, 0.3) is 0 Å². The van der Waals surface area contributed by atoms with Crippen LogP contribution in [0.3, 0.4) is 0 Å². The van der Waals surface area contributed by atoms with Crippen LogP contribution in [0.5, 0.6) is 0 Å². The second-order valence-corrected chi connectivity index (χ2v) is 9.39. The number of nitrogens with zero attached hydrogens (tertiary/aromatic N) is 2. The first-order valence-corrected chi connectivity index (χ1v) is 16.3. The van der Waals surface area contributed by atoms with Crippen LogP contribution < -0.4 is 9.80 Å². The number of benzene rings is 5. The molecule has 0 atom stereocenters. The zero-order chi connectivity index (χ0) is 31.2. The van der Waals surface area contributed by atoms with Crippen LogP contribution in [0.1, 0.15) is 89.4 Å². The van der Waals surface area contributed by atoms with Gasteiger partial charge in [0.25, 0.3) is 0 Å². The molecule has 0 fully saturated rings. The smallest absolute Gasteiger partial charge is 0.137 e. The van der Waals surface area contributed by atoms with Crippen LogP contribution in [0.4, 0.5) is 22.7 Å². The van der Waals surface area contributed by atoms with Gasteiger partial charge in [0, 0.05) is 35.6 Å². The van der Waals surface area contributed by atoms with Crippen molar-refractivity contribution < 1.29 is 0 Å². The number of para-hydroxylation sites is 4. The van der Waals surface area contributed by atoms with Gasteiger partial charge in [0.05, 0.1) is 0 Å². The molecule has 224 valence electrons. The highest BCUT2D eigenvalue weighted by atomic mass is 15.4. The number of hydrogen-bond acceptors (Lipinski definition) is 2. The Morgan fingerprint density at radius 1 is 0.349 bits per heavy atom. The van der Waals surface area contributed by atoms with Gasteiger partial charge in [-0.05, 0) is 52.1 Å². The molecule has 5 aromatic carbocycles. The quantitative estimate of drug-likeness (QED) is 0.213. The summed E-state index contributed by atoms with van der Waals surface area (Å²) < 4.78 is 0. The van der Waals surface area contributed by atoms with E-state index in [4.69, 9.17) is 0 Å². The van der Waals surface area contributed by atoms with Crippen LogP contribution in [-0.2, 0) is 12.8 Å². The number of fused-ring (bicyclic) bond motifs is 4. The van der Waals surface area contributed by atoms with Crippen LogP contribution in [0.2, 0.25) is 0 Å². The Kier molecular flexibility index (Phi) is 13.1. The van der Waals surface area contributed by atoms with Crippen LogP contribution in [0.15, 0.2) is 127 Å². The van der Waals surface area contributed by atoms with Crippen molar-refractivity contribution in [1.29, 1.82) is 0 Å². The molecule has 2 heterocycles. The summed E-state index contributed by atoms with van der Waals surface area (Å²) in [6.45, 7) is 16.0. The molecule has 0 spiro atoms. The zero-order valence-electron chi connectivity index (χ0n) is 27.5. The lowest BCUT2D eigenvalue weighted by atomic mass is 9.91. The predicted octanol–water partition coefficient (Wildman–Crippen LogP) is 12.3. The topological polar surface area (TPSA) is 6.48 Å². The van der Waals surface area contributed by atoms with Crippen LogP contribution >= 0.6 is 0 Å². The van der Waals surface area contributed by atoms with Crippen molar-refractivity contribution in [2.24, 2.45) is 0 Å². The Morgan fingerprint density at radius 2 is 0.605 bits per heavy atom. The standard InChI is InChI=1S/C33H26N2.4C2H6/c1-2-12-24(13-3-1)33(34-29-18-8-4-14-25(29)22-26-15-5-9-19-30(26)34)35-31-20-10-6-16-27(31)23-28-17-7-11-21-32(28)35;4*1-2/h1-21,33H,22-23H2;4*1-2H3. The predicted molar refractivity (Wildman–Crippen MR) is 190 cm³/mol. The van der Waals surface area contributed by atoms with Crippen LogP contribution in [0, 0.1) is 0 Å². The van der Waals surface area contributed by atoms with Crippen LogP contribution in [-0.4, -0.2) is 0 Å². The van der Waals surface area contributed by atoms with Gasteiger partial charge in [-0.3, -0.25) is 0 Å². The molecule has 2 nitrogen and oxygen atoms in total. The van der Waals surface area contributed by atoms with Gasteiger partial charge in [0.15, 0.2) is 0 Å². The molecule has 0 aliphatic carbocycles. The van der Waals surface area contributed by atoms with E-state index < -0.39 is 0 Å². The molecular formula is C41H50N2.